The summed E-state index contributed by atoms with van der Waals surface area (Å²) in [5, 5.41) is 19.0. The van der Waals surface area contributed by atoms with Crippen LogP contribution in [-0.4, -0.2) is 39.8 Å². The Morgan fingerprint density at radius 3 is 2.67 bits per heavy atom. The Labute approximate surface area is 103 Å². The van der Waals surface area contributed by atoms with Gasteiger partial charge in [-0.3, -0.25) is 9.78 Å². The number of rotatable bonds is 5. The summed E-state index contributed by atoms with van der Waals surface area (Å²) in [6, 6.07) is 1.28. The molecule has 0 aromatic carbocycles. The van der Waals surface area contributed by atoms with Gasteiger partial charge in [0.2, 0.25) is 5.91 Å². The van der Waals surface area contributed by atoms with E-state index >= 15 is 0 Å². The van der Waals surface area contributed by atoms with E-state index in [9.17, 15) is 19.8 Å². The Morgan fingerprint density at radius 2 is 2.11 bits per heavy atom. The molecule has 0 radical (unpaired) electrons. The highest BCUT2D eigenvalue weighted by molar-refractivity contribution is 5.89. The zero-order valence-electron chi connectivity index (χ0n) is 9.74. The Hall–Kier alpha value is -1.99. The molecule has 7 nitrogen and oxygen atoms in total. The summed E-state index contributed by atoms with van der Waals surface area (Å²) < 4.78 is 4.76. The van der Waals surface area contributed by atoms with E-state index in [1.165, 1.54) is 18.5 Å². The number of ether oxygens (including phenoxy) is 1. The van der Waals surface area contributed by atoms with Gasteiger partial charge in [-0.1, -0.05) is 0 Å². The van der Waals surface area contributed by atoms with Crippen molar-refractivity contribution < 1.29 is 24.5 Å². The van der Waals surface area contributed by atoms with Crippen LogP contribution in [-0.2, 0) is 9.53 Å². The first-order valence-electron chi connectivity index (χ1n) is 5.25. The predicted molar refractivity (Wildman–Crippen MR) is 60.4 cm³/mol. The van der Waals surface area contributed by atoms with Gasteiger partial charge in [-0.15, -0.1) is 0 Å². The lowest BCUT2D eigenvalue weighted by molar-refractivity contribution is -0.131. The van der Waals surface area contributed by atoms with E-state index in [1.54, 1.807) is 6.92 Å². The number of esters is 1. The quantitative estimate of drug-likeness (QED) is 0.587. The summed E-state index contributed by atoms with van der Waals surface area (Å²) in [5.41, 5.74) is 5.08. The molecule has 1 amide bonds. The van der Waals surface area contributed by atoms with Crippen molar-refractivity contribution in [2.75, 3.05) is 6.61 Å². The molecule has 0 aliphatic carbocycles. The van der Waals surface area contributed by atoms with Crippen molar-refractivity contribution in [1.29, 1.82) is 0 Å². The van der Waals surface area contributed by atoms with Gasteiger partial charge < -0.3 is 20.7 Å². The van der Waals surface area contributed by atoms with Gasteiger partial charge in [-0.05, 0) is 13.0 Å². The summed E-state index contributed by atoms with van der Waals surface area (Å²) in [4.78, 5) is 25.9. The highest BCUT2D eigenvalue weighted by Gasteiger charge is 2.24. The fourth-order valence-electron chi connectivity index (χ4n) is 1.28. The molecule has 18 heavy (non-hydrogen) atoms. The molecule has 98 valence electrons. The lowest BCUT2D eigenvalue weighted by Gasteiger charge is -2.15. The van der Waals surface area contributed by atoms with Crippen LogP contribution in [0.3, 0.4) is 0 Å². The molecule has 1 aromatic rings. The molecule has 7 heteroatoms. The second kappa shape index (κ2) is 6.08. The Morgan fingerprint density at radius 1 is 1.44 bits per heavy atom. The molecule has 0 spiro atoms. The normalized spacial score (nSPS) is 13.7. The number of aliphatic hydroxyl groups is 2. The maximum Gasteiger partial charge on any atom is 0.339 e. The van der Waals surface area contributed by atoms with Crippen LogP contribution in [0.5, 0.6) is 0 Å². The van der Waals surface area contributed by atoms with Gasteiger partial charge in [-0.2, -0.15) is 0 Å². The van der Waals surface area contributed by atoms with E-state index < -0.39 is 24.1 Å². The van der Waals surface area contributed by atoms with Crippen LogP contribution >= 0.6 is 0 Å². The zero-order valence-corrected chi connectivity index (χ0v) is 9.74. The lowest BCUT2D eigenvalue weighted by atomic mass is 10.0. The molecular weight excluding hydrogens is 240 g/mol. The summed E-state index contributed by atoms with van der Waals surface area (Å²) in [6.07, 6.45) is -0.821. The average Bonchev–Trinajstić information content (AvgIpc) is 2.37. The third kappa shape index (κ3) is 3.25. The standard InChI is InChI=1S/C11H14N2O5/c1-2-18-11(17)7-3-6(4-13-5-7)8(14)9(15)10(12)16/h3-5,8-9,14-15H,2H2,1H3,(H2,12,16). The van der Waals surface area contributed by atoms with E-state index in [2.05, 4.69) is 4.98 Å². The van der Waals surface area contributed by atoms with Gasteiger partial charge in [0.25, 0.3) is 0 Å². The van der Waals surface area contributed by atoms with Gasteiger partial charge in [-0.25, -0.2) is 4.79 Å². The van der Waals surface area contributed by atoms with Crippen LogP contribution in [0.2, 0.25) is 0 Å². The molecule has 2 atom stereocenters. The molecule has 0 aliphatic heterocycles. The number of nitrogens with two attached hydrogens (primary N) is 1. The van der Waals surface area contributed by atoms with Gasteiger partial charge >= 0.3 is 5.97 Å². The SMILES string of the molecule is CCOC(=O)c1cncc(C(O)C(O)C(N)=O)c1. The topological polar surface area (TPSA) is 123 Å². The predicted octanol–water partition coefficient (Wildman–Crippen LogP) is -0.862. The number of carbonyl (C=O) groups excluding carboxylic acids is 2. The number of pyridine rings is 1. The van der Waals surface area contributed by atoms with Crippen molar-refractivity contribution in [2.45, 2.75) is 19.1 Å². The highest BCUT2D eigenvalue weighted by Crippen LogP contribution is 2.17. The first-order chi connectivity index (χ1) is 8.47. The first-order valence-corrected chi connectivity index (χ1v) is 5.25. The summed E-state index contributed by atoms with van der Waals surface area (Å²) >= 11 is 0. The van der Waals surface area contributed by atoms with Gasteiger partial charge in [0.05, 0.1) is 12.2 Å². The molecule has 0 saturated heterocycles. The number of aliphatic hydroxyl groups excluding tert-OH is 2. The summed E-state index contributed by atoms with van der Waals surface area (Å²) in [5.74, 6) is -1.67. The third-order valence-corrected chi connectivity index (χ3v) is 2.20. The Bertz CT molecular complexity index is 449. The van der Waals surface area contributed by atoms with Crippen LogP contribution in [0.15, 0.2) is 18.5 Å². The number of hydrogen-bond acceptors (Lipinski definition) is 6. The fraction of sp³-hybridized carbons (Fsp3) is 0.364. The zero-order chi connectivity index (χ0) is 13.7. The minimum atomic E-state index is -1.76. The number of aromatic nitrogens is 1. The molecule has 4 N–H and O–H groups in total. The molecule has 1 aromatic heterocycles. The lowest BCUT2D eigenvalue weighted by Crippen LogP contribution is -2.34. The third-order valence-electron chi connectivity index (χ3n) is 2.20. The van der Waals surface area contributed by atoms with Gasteiger partial charge in [0.15, 0.2) is 6.10 Å². The molecular formula is C11H14N2O5. The molecule has 1 heterocycles. The van der Waals surface area contributed by atoms with Crippen molar-refractivity contribution in [1.82, 2.24) is 4.98 Å². The van der Waals surface area contributed by atoms with Crippen molar-refractivity contribution in [3.63, 3.8) is 0 Å². The van der Waals surface area contributed by atoms with Crippen molar-refractivity contribution in [3.8, 4) is 0 Å². The van der Waals surface area contributed by atoms with Gasteiger partial charge in [0.1, 0.15) is 6.10 Å². The molecule has 0 fully saturated rings. The second-order valence-corrected chi connectivity index (χ2v) is 3.52. The monoisotopic (exact) mass is 254 g/mol. The number of carbonyl (C=O) groups is 2. The minimum Gasteiger partial charge on any atom is -0.462 e. The van der Waals surface area contributed by atoms with E-state index in [4.69, 9.17) is 10.5 Å². The number of primary amides is 1. The molecule has 0 bridgehead atoms. The van der Waals surface area contributed by atoms with E-state index in [0.29, 0.717) is 0 Å². The summed E-state index contributed by atoms with van der Waals surface area (Å²) in [6.45, 7) is 1.86. The fourth-order valence-corrected chi connectivity index (χ4v) is 1.28. The van der Waals surface area contributed by atoms with E-state index in [-0.39, 0.29) is 17.7 Å². The Kier molecular flexibility index (Phi) is 4.75. The first kappa shape index (κ1) is 14.1. The summed E-state index contributed by atoms with van der Waals surface area (Å²) in [7, 11) is 0. The van der Waals surface area contributed by atoms with Crippen LogP contribution in [0, 0.1) is 0 Å². The van der Waals surface area contributed by atoms with E-state index in [1.807, 2.05) is 0 Å². The molecule has 1 rings (SSSR count). The van der Waals surface area contributed by atoms with Crippen LogP contribution in [0.4, 0.5) is 0 Å². The molecule has 2 unspecified atom stereocenters. The van der Waals surface area contributed by atoms with E-state index in [0.717, 1.165) is 0 Å². The molecule has 0 aliphatic rings. The van der Waals surface area contributed by atoms with Crippen LogP contribution in [0.25, 0.3) is 0 Å². The minimum absolute atomic E-state index is 0.104. The molecule has 0 saturated carbocycles. The van der Waals surface area contributed by atoms with Crippen molar-refractivity contribution >= 4 is 11.9 Å². The van der Waals surface area contributed by atoms with Crippen LogP contribution < -0.4 is 5.73 Å². The highest BCUT2D eigenvalue weighted by atomic mass is 16.5. The maximum absolute atomic E-state index is 11.4. The smallest absolute Gasteiger partial charge is 0.339 e. The largest absolute Gasteiger partial charge is 0.462 e. The Balaban J connectivity index is 2.94. The number of amides is 1. The maximum atomic E-state index is 11.4. The van der Waals surface area contributed by atoms with Gasteiger partial charge in [0, 0.05) is 18.0 Å². The number of hydrogen-bond donors (Lipinski definition) is 3. The second-order valence-electron chi connectivity index (χ2n) is 3.52. The van der Waals surface area contributed by atoms with Crippen LogP contribution in [0.1, 0.15) is 28.9 Å². The van der Waals surface area contributed by atoms with Crippen molar-refractivity contribution in [3.05, 3.63) is 29.6 Å². The average molecular weight is 254 g/mol. The number of nitrogens with zero attached hydrogens (tertiary/aromatic N) is 1. The van der Waals surface area contributed by atoms with Crippen molar-refractivity contribution in [2.24, 2.45) is 5.73 Å².